The molecule has 0 radical (unpaired) electrons. The van der Waals surface area contributed by atoms with Gasteiger partial charge in [0.1, 0.15) is 5.82 Å². The highest BCUT2D eigenvalue weighted by Crippen LogP contribution is 2.24. The lowest BCUT2D eigenvalue weighted by Gasteiger charge is -2.20. The summed E-state index contributed by atoms with van der Waals surface area (Å²) in [5.74, 6) is -0.303. The van der Waals surface area contributed by atoms with E-state index < -0.39 is 6.04 Å². The number of aliphatic hydroxyl groups is 1. The lowest BCUT2D eigenvalue weighted by atomic mass is 10.1. The van der Waals surface area contributed by atoms with E-state index in [9.17, 15) is 4.39 Å². The fourth-order valence-electron chi connectivity index (χ4n) is 1.32. The zero-order valence-corrected chi connectivity index (χ0v) is 8.37. The molecule has 4 heteroatoms. The van der Waals surface area contributed by atoms with Crippen molar-refractivity contribution in [3.63, 3.8) is 0 Å². The first-order chi connectivity index (χ1) is 6.56. The molecule has 0 spiro atoms. The number of nitrogens with two attached hydrogens (primary N) is 1. The van der Waals surface area contributed by atoms with Crippen molar-refractivity contribution in [3.8, 4) is 0 Å². The van der Waals surface area contributed by atoms with Crippen LogP contribution < -0.4 is 10.6 Å². The summed E-state index contributed by atoms with van der Waals surface area (Å²) in [4.78, 5) is 1.77. The Bertz CT molecular complexity index is 315. The van der Waals surface area contributed by atoms with Crippen LogP contribution in [0.2, 0.25) is 0 Å². The predicted molar refractivity (Wildman–Crippen MR) is 54.7 cm³/mol. The molecule has 0 bridgehead atoms. The van der Waals surface area contributed by atoms with Crippen molar-refractivity contribution in [1.82, 2.24) is 0 Å². The minimum atomic E-state index is -0.465. The highest BCUT2D eigenvalue weighted by Gasteiger charge is 2.12. The van der Waals surface area contributed by atoms with Gasteiger partial charge in [-0.3, -0.25) is 0 Å². The molecule has 14 heavy (non-hydrogen) atoms. The van der Waals surface area contributed by atoms with Gasteiger partial charge in [0.25, 0.3) is 0 Å². The maximum Gasteiger partial charge on any atom is 0.125 e. The van der Waals surface area contributed by atoms with E-state index >= 15 is 0 Å². The summed E-state index contributed by atoms with van der Waals surface area (Å²) in [6, 6.07) is 3.89. The van der Waals surface area contributed by atoms with Crippen molar-refractivity contribution in [2.75, 3.05) is 25.6 Å². The molecule has 1 atom stereocenters. The van der Waals surface area contributed by atoms with E-state index in [1.54, 1.807) is 11.0 Å². The molecule has 0 amide bonds. The van der Waals surface area contributed by atoms with Crippen molar-refractivity contribution in [1.29, 1.82) is 0 Å². The Balaban J connectivity index is 3.14. The standard InChI is InChI=1S/C10H15FN2O/c1-13(2)10-5-7(11)3-4-8(10)9(12)6-14/h3-5,9,14H,6,12H2,1-2H3/t9-/m1/s1. The van der Waals surface area contributed by atoms with Crippen LogP contribution >= 0.6 is 0 Å². The molecule has 0 heterocycles. The van der Waals surface area contributed by atoms with Gasteiger partial charge in [0.2, 0.25) is 0 Å². The molecule has 3 nitrogen and oxygen atoms in total. The fourth-order valence-corrected chi connectivity index (χ4v) is 1.32. The summed E-state index contributed by atoms with van der Waals surface area (Å²) in [6.07, 6.45) is 0. The Morgan fingerprint density at radius 2 is 2.14 bits per heavy atom. The van der Waals surface area contributed by atoms with Crippen molar-refractivity contribution in [3.05, 3.63) is 29.6 Å². The average Bonchev–Trinajstić information content (AvgIpc) is 2.16. The van der Waals surface area contributed by atoms with Crippen molar-refractivity contribution in [2.45, 2.75) is 6.04 Å². The average molecular weight is 198 g/mol. The van der Waals surface area contributed by atoms with E-state index in [0.717, 1.165) is 5.56 Å². The molecule has 0 aliphatic rings. The Hall–Kier alpha value is -1.13. The summed E-state index contributed by atoms with van der Waals surface area (Å²) >= 11 is 0. The number of halogens is 1. The van der Waals surface area contributed by atoms with Gasteiger partial charge in [-0.1, -0.05) is 6.07 Å². The van der Waals surface area contributed by atoms with Gasteiger partial charge in [-0.05, 0) is 17.7 Å². The molecule has 1 rings (SSSR count). The van der Waals surface area contributed by atoms with Crippen LogP contribution in [0, 0.1) is 5.82 Å². The number of nitrogens with zero attached hydrogens (tertiary/aromatic N) is 1. The Morgan fingerprint density at radius 1 is 1.50 bits per heavy atom. The predicted octanol–water partition coefficient (Wildman–Crippen LogP) is 0.884. The van der Waals surface area contributed by atoms with Gasteiger partial charge in [0.05, 0.1) is 12.6 Å². The van der Waals surface area contributed by atoms with Crippen LogP contribution in [0.5, 0.6) is 0 Å². The topological polar surface area (TPSA) is 49.5 Å². The summed E-state index contributed by atoms with van der Waals surface area (Å²) in [5, 5.41) is 8.93. The Kier molecular flexibility index (Phi) is 3.43. The second kappa shape index (κ2) is 4.39. The van der Waals surface area contributed by atoms with Crippen LogP contribution in [0.4, 0.5) is 10.1 Å². The third-order valence-corrected chi connectivity index (χ3v) is 2.07. The lowest BCUT2D eigenvalue weighted by molar-refractivity contribution is 0.268. The van der Waals surface area contributed by atoms with Crippen LogP contribution in [0.3, 0.4) is 0 Å². The van der Waals surface area contributed by atoms with E-state index in [4.69, 9.17) is 10.8 Å². The Morgan fingerprint density at radius 3 is 2.64 bits per heavy atom. The first-order valence-corrected chi connectivity index (χ1v) is 4.39. The molecule has 0 saturated carbocycles. The fraction of sp³-hybridized carbons (Fsp3) is 0.400. The van der Waals surface area contributed by atoms with Crippen LogP contribution in [0.1, 0.15) is 11.6 Å². The molecule has 0 aliphatic heterocycles. The third kappa shape index (κ3) is 2.21. The summed E-state index contributed by atoms with van der Waals surface area (Å²) in [7, 11) is 3.62. The van der Waals surface area contributed by atoms with E-state index in [-0.39, 0.29) is 12.4 Å². The van der Waals surface area contributed by atoms with Gasteiger partial charge in [-0.25, -0.2) is 4.39 Å². The molecule has 1 aromatic rings. The van der Waals surface area contributed by atoms with Crippen LogP contribution in [-0.4, -0.2) is 25.8 Å². The van der Waals surface area contributed by atoms with E-state index in [0.29, 0.717) is 5.69 Å². The van der Waals surface area contributed by atoms with Crippen LogP contribution in [0.15, 0.2) is 18.2 Å². The minimum Gasteiger partial charge on any atom is -0.394 e. The molecule has 0 fully saturated rings. The maximum atomic E-state index is 12.9. The molecule has 1 aromatic carbocycles. The van der Waals surface area contributed by atoms with Crippen molar-refractivity contribution >= 4 is 5.69 Å². The summed E-state index contributed by atoms with van der Waals surface area (Å²) in [5.41, 5.74) is 7.13. The van der Waals surface area contributed by atoms with Gasteiger partial charge in [0.15, 0.2) is 0 Å². The molecule has 0 unspecified atom stereocenters. The van der Waals surface area contributed by atoms with E-state index in [1.165, 1.54) is 12.1 Å². The highest BCUT2D eigenvalue weighted by molar-refractivity contribution is 5.54. The number of rotatable bonds is 3. The SMILES string of the molecule is CN(C)c1cc(F)ccc1[C@H](N)CO. The highest BCUT2D eigenvalue weighted by atomic mass is 19.1. The quantitative estimate of drug-likeness (QED) is 0.758. The smallest absolute Gasteiger partial charge is 0.125 e. The first-order valence-electron chi connectivity index (χ1n) is 4.39. The minimum absolute atomic E-state index is 0.146. The van der Waals surface area contributed by atoms with Gasteiger partial charge in [0, 0.05) is 19.8 Å². The molecular weight excluding hydrogens is 183 g/mol. The normalized spacial score (nSPS) is 12.6. The number of hydrogen-bond donors (Lipinski definition) is 2. The van der Waals surface area contributed by atoms with E-state index in [2.05, 4.69) is 0 Å². The number of benzene rings is 1. The third-order valence-electron chi connectivity index (χ3n) is 2.07. The lowest BCUT2D eigenvalue weighted by Crippen LogP contribution is -2.20. The molecule has 0 saturated heterocycles. The number of anilines is 1. The molecule has 0 aromatic heterocycles. The molecule has 3 N–H and O–H groups in total. The molecule has 78 valence electrons. The summed E-state index contributed by atoms with van der Waals surface area (Å²) in [6.45, 7) is -0.146. The van der Waals surface area contributed by atoms with Gasteiger partial charge in [-0.15, -0.1) is 0 Å². The van der Waals surface area contributed by atoms with Crippen molar-refractivity contribution < 1.29 is 9.50 Å². The first kappa shape index (κ1) is 10.9. The van der Waals surface area contributed by atoms with Gasteiger partial charge >= 0.3 is 0 Å². The maximum absolute atomic E-state index is 12.9. The Labute approximate surface area is 83.0 Å². The van der Waals surface area contributed by atoms with Gasteiger partial charge < -0.3 is 15.7 Å². The second-order valence-corrected chi connectivity index (χ2v) is 3.39. The van der Waals surface area contributed by atoms with Crippen molar-refractivity contribution in [2.24, 2.45) is 5.73 Å². The summed E-state index contributed by atoms with van der Waals surface area (Å²) < 4.78 is 12.9. The monoisotopic (exact) mass is 198 g/mol. The van der Waals surface area contributed by atoms with E-state index in [1.807, 2.05) is 14.1 Å². The number of hydrogen-bond acceptors (Lipinski definition) is 3. The number of aliphatic hydroxyl groups excluding tert-OH is 1. The van der Waals surface area contributed by atoms with Crippen LogP contribution in [0.25, 0.3) is 0 Å². The van der Waals surface area contributed by atoms with Gasteiger partial charge in [-0.2, -0.15) is 0 Å². The molecular formula is C10H15FN2O. The largest absolute Gasteiger partial charge is 0.394 e. The zero-order valence-electron chi connectivity index (χ0n) is 8.37. The second-order valence-electron chi connectivity index (χ2n) is 3.39. The molecule has 0 aliphatic carbocycles. The zero-order chi connectivity index (χ0) is 10.7. The van der Waals surface area contributed by atoms with Crippen LogP contribution in [-0.2, 0) is 0 Å².